The van der Waals surface area contributed by atoms with Crippen LogP contribution in [0.3, 0.4) is 0 Å². The first-order valence-corrected chi connectivity index (χ1v) is 4.13. The van der Waals surface area contributed by atoms with Crippen molar-refractivity contribution in [1.82, 2.24) is 5.32 Å². The Morgan fingerprint density at radius 3 is 2.31 bits per heavy atom. The van der Waals surface area contributed by atoms with Crippen molar-refractivity contribution in [2.45, 2.75) is 31.2 Å². The van der Waals surface area contributed by atoms with Crippen molar-refractivity contribution >= 4 is 11.8 Å². The molecule has 0 aromatic carbocycles. The number of nitriles is 1. The molecule has 1 rings (SSSR count). The van der Waals surface area contributed by atoms with Gasteiger partial charge in [-0.3, -0.25) is 9.59 Å². The molecule has 0 saturated heterocycles. The van der Waals surface area contributed by atoms with E-state index in [2.05, 4.69) is 5.32 Å². The van der Waals surface area contributed by atoms with E-state index in [1.807, 2.05) is 6.07 Å². The number of amides is 2. The lowest BCUT2D eigenvalue weighted by Gasteiger charge is -2.20. The van der Waals surface area contributed by atoms with Gasteiger partial charge in [-0.25, -0.2) is 0 Å². The lowest BCUT2D eigenvalue weighted by molar-refractivity contribution is -0.138. The van der Waals surface area contributed by atoms with Crippen molar-refractivity contribution in [2.75, 3.05) is 0 Å². The van der Waals surface area contributed by atoms with Crippen LogP contribution in [-0.4, -0.2) is 17.4 Å². The maximum atomic E-state index is 10.9. The summed E-state index contributed by atoms with van der Waals surface area (Å²) in [7, 11) is 0. The Kier molecular flexibility index (Phi) is 2.52. The summed E-state index contributed by atoms with van der Waals surface area (Å²) in [5.74, 6) is -1.91. The molecule has 0 bridgehead atoms. The molecule has 1 aliphatic carbocycles. The predicted molar refractivity (Wildman–Crippen MR) is 44.1 cm³/mol. The van der Waals surface area contributed by atoms with Gasteiger partial charge in [-0.1, -0.05) is 0 Å². The van der Waals surface area contributed by atoms with Crippen LogP contribution in [-0.2, 0) is 9.59 Å². The molecule has 5 heteroatoms. The summed E-state index contributed by atoms with van der Waals surface area (Å²) in [5, 5.41) is 11.2. The van der Waals surface area contributed by atoms with Gasteiger partial charge in [0, 0.05) is 0 Å². The van der Waals surface area contributed by atoms with Crippen molar-refractivity contribution in [3.05, 3.63) is 0 Å². The minimum Gasteiger partial charge on any atom is -0.361 e. The number of primary amides is 1. The lowest BCUT2D eigenvalue weighted by atomic mass is 10.00. The van der Waals surface area contributed by atoms with E-state index in [-0.39, 0.29) is 0 Å². The third kappa shape index (κ3) is 1.96. The molecule has 0 radical (unpaired) electrons. The Labute approximate surface area is 75.9 Å². The first-order chi connectivity index (χ1) is 6.09. The summed E-state index contributed by atoms with van der Waals surface area (Å²) in [6.07, 6.45) is 2.99. The van der Waals surface area contributed by atoms with Gasteiger partial charge in [0.2, 0.25) is 0 Å². The summed E-state index contributed by atoms with van der Waals surface area (Å²) < 4.78 is 0. The van der Waals surface area contributed by atoms with Crippen LogP contribution in [0.5, 0.6) is 0 Å². The SMILES string of the molecule is N#CC1(NC(=O)C(N)=O)CCCC1. The molecule has 70 valence electrons. The van der Waals surface area contributed by atoms with Crippen molar-refractivity contribution in [1.29, 1.82) is 5.26 Å². The van der Waals surface area contributed by atoms with Crippen molar-refractivity contribution in [3.8, 4) is 6.07 Å². The Morgan fingerprint density at radius 2 is 1.92 bits per heavy atom. The molecule has 0 aromatic rings. The largest absolute Gasteiger partial charge is 0.361 e. The summed E-state index contributed by atoms with van der Waals surface area (Å²) in [6.45, 7) is 0. The number of nitrogens with two attached hydrogens (primary N) is 1. The molecular formula is C8H11N3O2. The quantitative estimate of drug-likeness (QED) is 0.530. The molecule has 0 aliphatic heterocycles. The average Bonchev–Trinajstić information content (AvgIpc) is 2.54. The molecular weight excluding hydrogens is 170 g/mol. The monoisotopic (exact) mass is 181 g/mol. The van der Waals surface area contributed by atoms with E-state index in [0.717, 1.165) is 12.8 Å². The molecule has 3 N–H and O–H groups in total. The van der Waals surface area contributed by atoms with Gasteiger partial charge in [-0.15, -0.1) is 0 Å². The molecule has 2 amide bonds. The summed E-state index contributed by atoms with van der Waals surface area (Å²) >= 11 is 0. The van der Waals surface area contributed by atoms with Gasteiger partial charge in [0.05, 0.1) is 6.07 Å². The van der Waals surface area contributed by atoms with Gasteiger partial charge in [0.1, 0.15) is 5.54 Å². The normalized spacial score (nSPS) is 19.0. The average molecular weight is 181 g/mol. The van der Waals surface area contributed by atoms with E-state index >= 15 is 0 Å². The van der Waals surface area contributed by atoms with Crippen molar-refractivity contribution in [3.63, 3.8) is 0 Å². The van der Waals surface area contributed by atoms with Crippen molar-refractivity contribution in [2.24, 2.45) is 5.73 Å². The Morgan fingerprint density at radius 1 is 1.38 bits per heavy atom. The lowest BCUT2D eigenvalue weighted by Crippen LogP contribution is -2.49. The zero-order valence-electron chi connectivity index (χ0n) is 7.17. The number of carbonyl (C=O) groups is 2. The van der Waals surface area contributed by atoms with E-state index in [9.17, 15) is 9.59 Å². The van der Waals surface area contributed by atoms with Gasteiger partial charge in [0.15, 0.2) is 0 Å². The summed E-state index contributed by atoms with van der Waals surface area (Å²) in [5.41, 5.74) is 3.91. The van der Waals surface area contributed by atoms with Crippen molar-refractivity contribution < 1.29 is 9.59 Å². The third-order valence-corrected chi connectivity index (χ3v) is 2.25. The van der Waals surface area contributed by atoms with E-state index < -0.39 is 17.4 Å². The highest BCUT2D eigenvalue weighted by molar-refractivity contribution is 6.34. The Balaban J connectivity index is 2.65. The third-order valence-electron chi connectivity index (χ3n) is 2.25. The Bertz CT molecular complexity index is 274. The molecule has 0 heterocycles. The van der Waals surface area contributed by atoms with E-state index in [4.69, 9.17) is 11.0 Å². The molecule has 1 aliphatic rings. The minimum absolute atomic E-state index is 0.600. The van der Waals surface area contributed by atoms with Crippen LogP contribution in [0, 0.1) is 11.3 Å². The highest BCUT2D eigenvalue weighted by atomic mass is 16.2. The van der Waals surface area contributed by atoms with Crippen LogP contribution in [0.15, 0.2) is 0 Å². The van der Waals surface area contributed by atoms with E-state index in [1.54, 1.807) is 0 Å². The number of hydrogen-bond acceptors (Lipinski definition) is 3. The number of hydrogen-bond donors (Lipinski definition) is 2. The van der Waals surface area contributed by atoms with Gasteiger partial charge in [-0.05, 0) is 25.7 Å². The highest BCUT2D eigenvalue weighted by Gasteiger charge is 2.36. The van der Waals surface area contributed by atoms with Crippen LogP contribution < -0.4 is 11.1 Å². The van der Waals surface area contributed by atoms with Crippen LogP contribution in [0.4, 0.5) is 0 Å². The van der Waals surface area contributed by atoms with E-state index in [0.29, 0.717) is 12.8 Å². The van der Waals surface area contributed by atoms with Crippen LogP contribution >= 0.6 is 0 Å². The fourth-order valence-corrected chi connectivity index (χ4v) is 1.52. The standard InChI is InChI=1S/C8H11N3O2/c9-5-8(3-1-2-4-8)11-7(13)6(10)12/h1-4H2,(H2,10,12)(H,11,13). The first kappa shape index (κ1) is 9.52. The second-order valence-electron chi connectivity index (χ2n) is 3.22. The maximum Gasteiger partial charge on any atom is 0.310 e. The van der Waals surface area contributed by atoms with E-state index in [1.165, 1.54) is 0 Å². The zero-order valence-corrected chi connectivity index (χ0v) is 7.17. The molecule has 0 unspecified atom stereocenters. The molecule has 0 aromatic heterocycles. The molecule has 0 spiro atoms. The molecule has 1 fully saturated rings. The molecule has 13 heavy (non-hydrogen) atoms. The fraction of sp³-hybridized carbons (Fsp3) is 0.625. The first-order valence-electron chi connectivity index (χ1n) is 4.13. The second-order valence-corrected chi connectivity index (χ2v) is 3.22. The van der Waals surface area contributed by atoms with Crippen LogP contribution in [0.25, 0.3) is 0 Å². The fourth-order valence-electron chi connectivity index (χ4n) is 1.52. The Hall–Kier alpha value is -1.57. The summed E-state index contributed by atoms with van der Waals surface area (Å²) in [4.78, 5) is 21.4. The number of nitrogens with one attached hydrogen (secondary N) is 1. The summed E-state index contributed by atoms with van der Waals surface area (Å²) in [6, 6.07) is 2.02. The maximum absolute atomic E-state index is 10.9. The smallest absolute Gasteiger partial charge is 0.310 e. The predicted octanol–water partition coefficient (Wildman–Crippen LogP) is -0.576. The van der Waals surface area contributed by atoms with Gasteiger partial charge in [-0.2, -0.15) is 5.26 Å². The van der Waals surface area contributed by atoms with Gasteiger partial charge >= 0.3 is 11.8 Å². The minimum atomic E-state index is -1.04. The van der Waals surface area contributed by atoms with Crippen LogP contribution in [0.2, 0.25) is 0 Å². The number of carbonyl (C=O) groups excluding carboxylic acids is 2. The molecule has 0 atom stereocenters. The number of rotatable bonds is 1. The second kappa shape index (κ2) is 3.44. The van der Waals surface area contributed by atoms with Gasteiger partial charge < -0.3 is 11.1 Å². The highest BCUT2D eigenvalue weighted by Crippen LogP contribution is 2.28. The number of nitrogens with zero attached hydrogens (tertiary/aromatic N) is 1. The zero-order chi connectivity index (χ0) is 9.90. The molecule has 1 saturated carbocycles. The molecule has 5 nitrogen and oxygen atoms in total. The topological polar surface area (TPSA) is 96.0 Å². The van der Waals surface area contributed by atoms with Crippen LogP contribution in [0.1, 0.15) is 25.7 Å². The van der Waals surface area contributed by atoms with Gasteiger partial charge in [0.25, 0.3) is 0 Å².